The van der Waals surface area contributed by atoms with E-state index < -0.39 is 0 Å². The second-order valence-corrected chi connectivity index (χ2v) is 6.55. The first-order valence-corrected chi connectivity index (χ1v) is 9.26. The Bertz CT molecular complexity index is 751. The van der Waals surface area contributed by atoms with Gasteiger partial charge < -0.3 is 14.8 Å². The number of nitrogens with zero attached hydrogens (tertiary/aromatic N) is 1. The van der Waals surface area contributed by atoms with Crippen molar-refractivity contribution in [3.63, 3.8) is 0 Å². The van der Waals surface area contributed by atoms with Crippen LogP contribution in [0.2, 0.25) is 0 Å². The zero-order valence-corrected chi connectivity index (χ0v) is 15.5. The predicted octanol–water partition coefficient (Wildman–Crippen LogP) is 2.65. The summed E-state index contributed by atoms with van der Waals surface area (Å²) < 4.78 is 24.6. The molecule has 0 saturated heterocycles. The van der Waals surface area contributed by atoms with Crippen molar-refractivity contribution in [2.24, 2.45) is 0 Å². The first kappa shape index (κ1) is 19.2. The second-order valence-electron chi connectivity index (χ2n) is 6.55. The van der Waals surface area contributed by atoms with E-state index in [4.69, 9.17) is 9.47 Å². The highest BCUT2D eigenvalue weighted by atomic mass is 19.1. The molecule has 1 amide bonds. The summed E-state index contributed by atoms with van der Waals surface area (Å²) in [5, 5.41) is 2.92. The number of benzene rings is 2. The maximum absolute atomic E-state index is 12.9. The molecule has 0 radical (unpaired) electrons. The Balaban J connectivity index is 1.41. The number of carbonyl (C=O) groups is 1. The lowest BCUT2D eigenvalue weighted by Crippen LogP contribution is -2.45. The van der Waals surface area contributed by atoms with Crippen LogP contribution in [0.3, 0.4) is 0 Å². The topological polar surface area (TPSA) is 50.8 Å². The first-order chi connectivity index (χ1) is 13.1. The van der Waals surface area contributed by atoms with Gasteiger partial charge in [-0.3, -0.25) is 9.69 Å². The van der Waals surface area contributed by atoms with Crippen molar-refractivity contribution in [1.29, 1.82) is 0 Å². The number of fused-ring (bicyclic) bond motifs is 1. The third kappa shape index (κ3) is 5.69. The van der Waals surface area contributed by atoms with Crippen molar-refractivity contribution >= 4 is 5.91 Å². The standard InChI is InChI=1S/C21H25FN2O3/c1-2-24(13-18-15-26-19-5-3-4-6-20(19)27-18)14-21(25)23-12-11-16-7-9-17(22)10-8-16/h3-10,18H,2,11-15H2,1H3,(H,23,25)/t18-/m0/s1. The van der Waals surface area contributed by atoms with Crippen LogP contribution in [0.1, 0.15) is 12.5 Å². The van der Waals surface area contributed by atoms with Crippen LogP contribution in [-0.2, 0) is 11.2 Å². The molecule has 1 N–H and O–H groups in total. The van der Waals surface area contributed by atoms with Gasteiger partial charge >= 0.3 is 0 Å². The van der Waals surface area contributed by atoms with E-state index in [1.54, 1.807) is 12.1 Å². The van der Waals surface area contributed by atoms with E-state index in [9.17, 15) is 9.18 Å². The Morgan fingerprint density at radius 2 is 1.93 bits per heavy atom. The minimum Gasteiger partial charge on any atom is -0.486 e. The van der Waals surface area contributed by atoms with Crippen LogP contribution < -0.4 is 14.8 Å². The Hall–Kier alpha value is -2.60. The number of amides is 1. The van der Waals surface area contributed by atoms with Gasteiger partial charge in [0.2, 0.25) is 5.91 Å². The van der Waals surface area contributed by atoms with Crippen molar-refractivity contribution in [3.8, 4) is 11.5 Å². The summed E-state index contributed by atoms with van der Waals surface area (Å²) in [7, 11) is 0. The third-order valence-electron chi connectivity index (χ3n) is 4.49. The number of hydrogen-bond acceptors (Lipinski definition) is 4. The van der Waals surface area contributed by atoms with Crippen molar-refractivity contribution in [3.05, 3.63) is 59.9 Å². The van der Waals surface area contributed by atoms with Gasteiger partial charge in [-0.15, -0.1) is 0 Å². The van der Waals surface area contributed by atoms with E-state index in [1.807, 2.05) is 36.1 Å². The third-order valence-corrected chi connectivity index (χ3v) is 4.49. The Morgan fingerprint density at radius 3 is 2.67 bits per heavy atom. The zero-order chi connectivity index (χ0) is 19.1. The molecule has 0 aromatic heterocycles. The summed E-state index contributed by atoms with van der Waals surface area (Å²) >= 11 is 0. The van der Waals surface area contributed by atoms with Crippen LogP contribution in [0.25, 0.3) is 0 Å². The maximum atomic E-state index is 12.9. The number of nitrogens with one attached hydrogen (secondary N) is 1. The normalized spacial score (nSPS) is 15.6. The molecule has 1 aliphatic heterocycles. The number of hydrogen-bond donors (Lipinski definition) is 1. The monoisotopic (exact) mass is 372 g/mol. The highest BCUT2D eigenvalue weighted by Gasteiger charge is 2.23. The molecule has 1 aliphatic rings. The van der Waals surface area contributed by atoms with Gasteiger partial charge in [0.15, 0.2) is 11.5 Å². The van der Waals surface area contributed by atoms with Gasteiger partial charge in [0, 0.05) is 13.1 Å². The number of likely N-dealkylation sites (N-methyl/N-ethyl adjacent to an activating group) is 1. The van der Waals surface area contributed by atoms with E-state index in [0.29, 0.717) is 32.7 Å². The van der Waals surface area contributed by atoms with Crippen LogP contribution in [-0.4, -0.2) is 49.7 Å². The summed E-state index contributed by atoms with van der Waals surface area (Å²) in [4.78, 5) is 14.2. The van der Waals surface area contributed by atoms with Gasteiger partial charge in [-0.05, 0) is 42.8 Å². The van der Waals surface area contributed by atoms with E-state index in [0.717, 1.165) is 23.6 Å². The van der Waals surface area contributed by atoms with Gasteiger partial charge in [-0.2, -0.15) is 0 Å². The highest BCUT2D eigenvalue weighted by molar-refractivity contribution is 5.78. The minimum absolute atomic E-state index is 0.0314. The molecule has 3 rings (SSSR count). The quantitative estimate of drug-likeness (QED) is 0.774. The van der Waals surface area contributed by atoms with Gasteiger partial charge in [-0.25, -0.2) is 4.39 Å². The number of ether oxygens (including phenoxy) is 2. The molecule has 2 aromatic carbocycles. The Morgan fingerprint density at radius 1 is 1.19 bits per heavy atom. The fraction of sp³-hybridized carbons (Fsp3) is 0.381. The lowest BCUT2D eigenvalue weighted by Gasteiger charge is -2.30. The fourth-order valence-electron chi connectivity index (χ4n) is 3.00. The van der Waals surface area contributed by atoms with E-state index in [1.165, 1.54) is 12.1 Å². The molecule has 0 bridgehead atoms. The van der Waals surface area contributed by atoms with Crippen LogP contribution in [0.4, 0.5) is 4.39 Å². The number of carbonyl (C=O) groups excluding carboxylic acids is 1. The summed E-state index contributed by atoms with van der Waals surface area (Å²) in [6.45, 7) is 4.69. The number of halogens is 1. The lowest BCUT2D eigenvalue weighted by atomic mass is 10.1. The van der Waals surface area contributed by atoms with Crippen LogP contribution in [0, 0.1) is 5.82 Å². The first-order valence-electron chi connectivity index (χ1n) is 9.26. The average Bonchev–Trinajstić information content (AvgIpc) is 2.69. The summed E-state index contributed by atoms with van der Waals surface area (Å²) in [6.07, 6.45) is 0.570. The van der Waals surface area contributed by atoms with Crippen molar-refractivity contribution in [2.75, 3.05) is 32.8 Å². The van der Waals surface area contributed by atoms with Crippen LogP contribution in [0.5, 0.6) is 11.5 Å². The van der Waals surface area contributed by atoms with Crippen molar-refractivity contribution in [1.82, 2.24) is 10.2 Å². The summed E-state index contributed by atoms with van der Waals surface area (Å²) in [5.74, 6) is 1.22. The molecular weight excluding hydrogens is 347 g/mol. The van der Waals surface area contributed by atoms with Crippen LogP contribution >= 0.6 is 0 Å². The van der Waals surface area contributed by atoms with Gasteiger partial charge in [-0.1, -0.05) is 31.2 Å². The molecule has 1 atom stereocenters. The second kappa shape index (κ2) is 9.37. The minimum atomic E-state index is -0.252. The van der Waals surface area contributed by atoms with Crippen molar-refractivity contribution in [2.45, 2.75) is 19.4 Å². The van der Waals surface area contributed by atoms with E-state index in [2.05, 4.69) is 5.32 Å². The SMILES string of the molecule is CCN(CC(=O)NCCc1ccc(F)cc1)C[C@H]1COc2ccccc2O1. The van der Waals surface area contributed by atoms with Gasteiger partial charge in [0.1, 0.15) is 18.5 Å². The fourth-order valence-corrected chi connectivity index (χ4v) is 3.00. The summed E-state index contributed by atoms with van der Waals surface area (Å²) in [6, 6.07) is 13.9. The molecule has 27 heavy (non-hydrogen) atoms. The molecule has 0 aliphatic carbocycles. The zero-order valence-electron chi connectivity index (χ0n) is 15.5. The molecule has 0 spiro atoms. The molecule has 5 nitrogen and oxygen atoms in total. The summed E-state index contributed by atoms with van der Waals surface area (Å²) in [5.41, 5.74) is 0.996. The average molecular weight is 372 g/mol. The number of rotatable bonds is 8. The highest BCUT2D eigenvalue weighted by Crippen LogP contribution is 2.30. The molecular formula is C21H25FN2O3. The van der Waals surface area contributed by atoms with Gasteiger partial charge in [0.25, 0.3) is 0 Å². The van der Waals surface area contributed by atoms with Crippen molar-refractivity contribution < 1.29 is 18.7 Å². The molecule has 0 saturated carbocycles. The maximum Gasteiger partial charge on any atom is 0.234 e. The van der Waals surface area contributed by atoms with Crippen LogP contribution in [0.15, 0.2) is 48.5 Å². The Kier molecular flexibility index (Phi) is 6.65. The van der Waals surface area contributed by atoms with E-state index >= 15 is 0 Å². The predicted molar refractivity (Wildman–Crippen MR) is 102 cm³/mol. The smallest absolute Gasteiger partial charge is 0.234 e. The molecule has 144 valence electrons. The molecule has 0 unspecified atom stereocenters. The van der Waals surface area contributed by atoms with E-state index in [-0.39, 0.29) is 17.8 Å². The molecule has 2 aromatic rings. The largest absolute Gasteiger partial charge is 0.486 e. The molecule has 6 heteroatoms. The number of para-hydroxylation sites is 2. The molecule has 1 heterocycles. The Labute approximate surface area is 159 Å². The van der Waals surface area contributed by atoms with Gasteiger partial charge in [0.05, 0.1) is 6.54 Å². The molecule has 0 fully saturated rings. The lowest BCUT2D eigenvalue weighted by molar-refractivity contribution is -0.122.